The highest BCUT2D eigenvalue weighted by atomic mass is 16.5. The summed E-state index contributed by atoms with van der Waals surface area (Å²) in [7, 11) is 1.54. The molecule has 2 aromatic carbocycles. The molecule has 0 N–H and O–H groups in total. The summed E-state index contributed by atoms with van der Waals surface area (Å²) < 4.78 is 14.1. The lowest BCUT2D eigenvalue weighted by molar-refractivity contribution is 0.412. The van der Waals surface area contributed by atoms with E-state index < -0.39 is 11.2 Å². The first-order chi connectivity index (χ1) is 17.3. The highest BCUT2D eigenvalue weighted by Gasteiger charge is 2.22. The molecule has 8 heteroatoms. The van der Waals surface area contributed by atoms with Crippen LogP contribution in [0.15, 0.2) is 68.6 Å². The average molecular weight is 483 g/mol. The first-order valence-electron chi connectivity index (χ1n) is 11.6. The number of ether oxygens (including phenoxy) is 1. The Labute approximate surface area is 207 Å². The first-order valence-corrected chi connectivity index (χ1v) is 11.6. The van der Waals surface area contributed by atoms with Crippen LogP contribution in [-0.2, 0) is 6.54 Å². The van der Waals surface area contributed by atoms with E-state index in [1.54, 1.807) is 19.1 Å². The van der Waals surface area contributed by atoms with Crippen LogP contribution in [0.2, 0.25) is 0 Å². The molecule has 8 nitrogen and oxygen atoms in total. The lowest BCUT2D eigenvalue weighted by Gasteiger charge is -2.16. The molecule has 5 rings (SSSR count). The number of oxazole rings is 1. The lowest BCUT2D eigenvalue weighted by Crippen LogP contribution is -2.40. The molecule has 3 heterocycles. The van der Waals surface area contributed by atoms with Crippen molar-refractivity contribution < 1.29 is 9.15 Å². The summed E-state index contributed by atoms with van der Waals surface area (Å²) in [6.45, 7) is 7.42. The van der Waals surface area contributed by atoms with Crippen LogP contribution in [0.1, 0.15) is 28.3 Å². The Kier molecular flexibility index (Phi) is 5.80. The van der Waals surface area contributed by atoms with Crippen molar-refractivity contribution in [3.05, 3.63) is 104 Å². The minimum absolute atomic E-state index is 0.0444. The van der Waals surface area contributed by atoms with E-state index in [2.05, 4.69) is 9.97 Å². The number of aromatic nitrogens is 4. The van der Waals surface area contributed by atoms with Crippen molar-refractivity contribution in [2.24, 2.45) is 0 Å². The molecule has 3 aromatic heterocycles. The minimum Gasteiger partial charge on any atom is -0.495 e. The van der Waals surface area contributed by atoms with Gasteiger partial charge in [-0.25, -0.2) is 19.3 Å². The molecular weight excluding hydrogens is 456 g/mol. The number of hydrogen-bond acceptors (Lipinski definition) is 6. The monoisotopic (exact) mass is 482 g/mol. The molecule has 0 bridgehead atoms. The van der Waals surface area contributed by atoms with Crippen molar-refractivity contribution >= 4 is 11.0 Å². The molecule has 182 valence electrons. The lowest BCUT2D eigenvalue weighted by atomic mass is 10.1. The number of hydrogen-bond donors (Lipinski definition) is 0. The van der Waals surface area contributed by atoms with Gasteiger partial charge in [-0.2, -0.15) is 0 Å². The molecule has 0 aliphatic carbocycles. The van der Waals surface area contributed by atoms with Gasteiger partial charge in [0.2, 0.25) is 5.89 Å². The van der Waals surface area contributed by atoms with Gasteiger partial charge in [0.15, 0.2) is 5.65 Å². The Morgan fingerprint density at radius 1 is 0.944 bits per heavy atom. The molecule has 0 aliphatic rings. The summed E-state index contributed by atoms with van der Waals surface area (Å²) in [4.78, 5) is 36.8. The van der Waals surface area contributed by atoms with Crippen LogP contribution in [0.3, 0.4) is 0 Å². The maximum Gasteiger partial charge on any atom is 0.337 e. The van der Waals surface area contributed by atoms with Gasteiger partial charge in [0.1, 0.15) is 17.2 Å². The molecule has 0 saturated carbocycles. The van der Waals surface area contributed by atoms with Crippen molar-refractivity contribution in [1.82, 2.24) is 19.1 Å². The number of fused-ring (bicyclic) bond motifs is 1. The fourth-order valence-corrected chi connectivity index (χ4v) is 4.39. The van der Waals surface area contributed by atoms with Gasteiger partial charge in [-0.15, -0.1) is 0 Å². The predicted molar refractivity (Wildman–Crippen MR) is 138 cm³/mol. The number of pyridine rings is 1. The van der Waals surface area contributed by atoms with Gasteiger partial charge in [0, 0.05) is 11.3 Å². The molecule has 0 unspecified atom stereocenters. The van der Waals surface area contributed by atoms with Crippen LogP contribution in [0.25, 0.3) is 28.2 Å². The quantitative estimate of drug-likeness (QED) is 0.366. The highest BCUT2D eigenvalue weighted by Crippen LogP contribution is 2.25. The molecule has 36 heavy (non-hydrogen) atoms. The van der Waals surface area contributed by atoms with Gasteiger partial charge in [-0.05, 0) is 63.6 Å². The zero-order chi connectivity index (χ0) is 25.6. The maximum absolute atomic E-state index is 13.9. The number of para-hydroxylation sites is 2. The Balaban J connectivity index is 1.75. The predicted octanol–water partition coefficient (Wildman–Crippen LogP) is 4.49. The van der Waals surface area contributed by atoms with Crippen LogP contribution in [-0.4, -0.2) is 26.2 Å². The molecule has 0 atom stereocenters. The van der Waals surface area contributed by atoms with Crippen molar-refractivity contribution in [2.75, 3.05) is 7.11 Å². The molecular formula is C28H26N4O4. The zero-order valence-electron chi connectivity index (χ0n) is 20.8. The van der Waals surface area contributed by atoms with E-state index in [4.69, 9.17) is 9.15 Å². The van der Waals surface area contributed by atoms with Crippen LogP contribution < -0.4 is 16.0 Å². The largest absolute Gasteiger partial charge is 0.495 e. The molecule has 0 saturated heterocycles. The second-order valence-electron chi connectivity index (χ2n) is 8.85. The topological polar surface area (TPSA) is 92.1 Å². The Morgan fingerprint density at radius 3 is 2.39 bits per heavy atom. The molecule has 0 aliphatic heterocycles. The van der Waals surface area contributed by atoms with Crippen molar-refractivity contribution in [3.8, 4) is 22.9 Å². The van der Waals surface area contributed by atoms with Gasteiger partial charge >= 0.3 is 5.69 Å². The van der Waals surface area contributed by atoms with Crippen molar-refractivity contribution in [3.63, 3.8) is 0 Å². The van der Waals surface area contributed by atoms with Crippen molar-refractivity contribution in [2.45, 2.75) is 34.2 Å². The van der Waals surface area contributed by atoms with Gasteiger partial charge < -0.3 is 9.15 Å². The second kappa shape index (κ2) is 8.96. The summed E-state index contributed by atoms with van der Waals surface area (Å²) in [6, 6.07) is 16.8. The van der Waals surface area contributed by atoms with Gasteiger partial charge in [0.05, 0.1) is 24.7 Å². The SMILES string of the molecule is COc1ccccc1-n1c(=O)n(Cc2nc(-c3ccc(C)cc3)oc2C)c(=O)c2c(C)cc(C)nc21. The summed E-state index contributed by atoms with van der Waals surface area (Å²) in [5, 5.41) is 0.367. The molecule has 0 amide bonds. The summed E-state index contributed by atoms with van der Waals surface area (Å²) in [6.07, 6.45) is 0. The summed E-state index contributed by atoms with van der Waals surface area (Å²) in [5.74, 6) is 1.47. The Hall–Kier alpha value is -4.46. The number of methoxy groups -OCH3 is 1. The van der Waals surface area contributed by atoms with Crippen molar-refractivity contribution in [1.29, 1.82) is 0 Å². The van der Waals surface area contributed by atoms with E-state index in [0.29, 0.717) is 45.5 Å². The molecule has 5 aromatic rings. The molecule has 0 radical (unpaired) electrons. The van der Waals surface area contributed by atoms with E-state index in [0.717, 1.165) is 16.7 Å². The third kappa shape index (κ3) is 3.90. The van der Waals surface area contributed by atoms with E-state index in [9.17, 15) is 9.59 Å². The van der Waals surface area contributed by atoms with E-state index in [1.807, 2.05) is 63.2 Å². The fourth-order valence-electron chi connectivity index (χ4n) is 4.39. The van der Waals surface area contributed by atoms with Crippen LogP contribution in [0.4, 0.5) is 0 Å². The number of benzene rings is 2. The van der Waals surface area contributed by atoms with E-state index in [1.165, 1.54) is 16.2 Å². The van der Waals surface area contributed by atoms with E-state index in [-0.39, 0.29) is 6.54 Å². The Bertz CT molecular complexity index is 1730. The summed E-state index contributed by atoms with van der Waals surface area (Å²) >= 11 is 0. The average Bonchev–Trinajstić information content (AvgIpc) is 3.22. The van der Waals surface area contributed by atoms with Gasteiger partial charge in [0.25, 0.3) is 5.56 Å². The van der Waals surface area contributed by atoms with Crippen LogP contribution in [0.5, 0.6) is 5.75 Å². The number of aryl methyl sites for hydroxylation is 4. The third-order valence-corrected chi connectivity index (χ3v) is 6.24. The fraction of sp³-hybridized carbons (Fsp3) is 0.214. The number of rotatable bonds is 5. The van der Waals surface area contributed by atoms with Gasteiger partial charge in [-0.1, -0.05) is 29.8 Å². The Morgan fingerprint density at radius 2 is 1.67 bits per heavy atom. The number of nitrogens with zero attached hydrogens (tertiary/aromatic N) is 4. The van der Waals surface area contributed by atoms with E-state index >= 15 is 0 Å². The smallest absolute Gasteiger partial charge is 0.337 e. The standard InChI is InChI=1S/C28H26N4O4/c1-16-10-12-20(13-11-16)26-30-21(19(4)36-26)15-31-27(33)24-17(2)14-18(3)29-25(24)32(28(31)34)22-8-6-7-9-23(22)35-5/h6-14H,15H2,1-5H3. The minimum atomic E-state index is -0.534. The van der Waals surface area contributed by atoms with Gasteiger partial charge in [-0.3, -0.25) is 9.36 Å². The maximum atomic E-state index is 13.9. The molecule has 0 fully saturated rings. The first kappa shape index (κ1) is 23.3. The molecule has 0 spiro atoms. The second-order valence-corrected chi connectivity index (χ2v) is 8.85. The highest BCUT2D eigenvalue weighted by molar-refractivity contribution is 5.80. The third-order valence-electron chi connectivity index (χ3n) is 6.24. The summed E-state index contributed by atoms with van der Waals surface area (Å²) in [5.41, 5.74) is 3.72. The van der Waals surface area contributed by atoms with Crippen LogP contribution in [0, 0.1) is 27.7 Å². The van der Waals surface area contributed by atoms with Crippen LogP contribution >= 0.6 is 0 Å². The normalized spacial score (nSPS) is 11.2. The zero-order valence-corrected chi connectivity index (χ0v) is 20.8.